The summed E-state index contributed by atoms with van der Waals surface area (Å²) in [6.07, 6.45) is 0. The zero-order chi connectivity index (χ0) is 12.6. The van der Waals surface area contributed by atoms with Gasteiger partial charge in [0, 0.05) is 6.07 Å². The van der Waals surface area contributed by atoms with E-state index in [-0.39, 0.29) is 11.4 Å². The minimum absolute atomic E-state index is 0.0735. The molecule has 1 fully saturated rings. The van der Waals surface area contributed by atoms with E-state index in [1.165, 1.54) is 24.3 Å². The van der Waals surface area contributed by atoms with Crippen LogP contribution in [0.5, 0.6) is 5.75 Å². The summed E-state index contributed by atoms with van der Waals surface area (Å²) >= 11 is 0.572. The zero-order valence-electron chi connectivity index (χ0n) is 8.49. The second-order valence-corrected chi connectivity index (χ2v) is 4.42. The van der Waals surface area contributed by atoms with Gasteiger partial charge in [0.15, 0.2) is 5.25 Å². The molecule has 7 heteroatoms. The van der Waals surface area contributed by atoms with Crippen LogP contribution in [0.1, 0.15) is 0 Å². The number of benzene rings is 1. The molecule has 2 rings (SSSR count). The van der Waals surface area contributed by atoms with E-state index >= 15 is 0 Å². The Labute approximate surface area is 100 Å². The first-order valence-electron chi connectivity index (χ1n) is 4.63. The number of primary amides is 1. The quantitative estimate of drug-likeness (QED) is 0.744. The Kier molecular flexibility index (Phi) is 2.76. The molecule has 0 radical (unpaired) electrons. The lowest BCUT2D eigenvalue weighted by Crippen LogP contribution is -2.37. The molecule has 88 valence electrons. The van der Waals surface area contributed by atoms with Gasteiger partial charge in [-0.2, -0.15) is 0 Å². The van der Waals surface area contributed by atoms with E-state index in [0.29, 0.717) is 11.8 Å². The topological polar surface area (TPSA) is 101 Å². The fourth-order valence-corrected chi connectivity index (χ4v) is 2.28. The first-order chi connectivity index (χ1) is 8.00. The predicted octanol–water partition coefficient (Wildman–Crippen LogP) is 0.446. The molecule has 1 aromatic rings. The maximum Gasteiger partial charge on any atom is 0.294 e. The van der Waals surface area contributed by atoms with Crippen molar-refractivity contribution in [2.45, 2.75) is 5.25 Å². The van der Waals surface area contributed by atoms with Gasteiger partial charge in [-0.05, 0) is 23.9 Å². The van der Waals surface area contributed by atoms with Gasteiger partial charge in [-0.1, -0.05) is 6.07 Å². The normalized spacial score (nSPS) is 19.8. The molecule has 1 atom stereocenters. The summed E-state index contributed by atoms with van der Waals surface area (Å²) in [6.45, 7) is 0. The van der Waals surface area contributed by atoms with Crippen LogP contribution in [0.15, 0.2) is 24.3 Å². The molecule has 1 saturated heterocycles. The molecular weight excluding hydrogens is 244 g/mol. The third-order valence-corrected chi connectivity index (χ3v) is 3.25. The number of hydrogen-bond donors (Lipinski definition) is 2. The number of phenols is 1. The van der Waals surface area contributed by atoms with Crippen molar-refractivity contribution in [3.63, 3.8) is 0 Å². The Bertz CT molecular complexity index is 517. The van der Waals surface area contributed by atoms with Crippen LogP contribution in [0.2, 0.25) is 0 Å². The van der Waals surface area contributed by atoms with Crippen molar-refractivity contribution >= 4 is 34.5 Å². The molecule has 0 unspecified atom stereocenters. The highest BCUT2D eigenvalue weighted by atomic mass is 32.2. The molecule has 17 heavy (non-hydrogen) atoms. The van der Waals surface area contributed by atoms with Crippen molar-refractivity contribution in [1.82, 2.24) is 0 Å². The molecule has 3 N–H and O–H groups in total. The molecule has 0 bridgehead atoms. The van der Waals surface area contributed by atoms with Crippen molar-refractivity contribution in [3.05, 3.63) is 24.3 Å². The van der Waals surface area contributed by atoms with E-state index in [2.05, 4.69) is 0 Å². The summed E-state index contributed by atoms with van der Waals surface area (Å²) < 4.78 is 0. The average molecular weight is 252 g/mol. The van der Waals surface area contributed by atoms with Crippen LogP contribution in [-0.2, 0) is 9.59 Å². The van der Waals surface area contributed by atoms with Crippen molar-refractivity contribution in [2.24, 2.45) is 5.73 Å². The molecule has 3 amide bonds. The number of aromatic hydroxyl groups is 1. The number of amides is 3. The maximum absolute atomic E-state index is 11.8. The van der Waals surface area contributed by atoms with E-state index in [9.17, 15) is 19.5 Å². The first-order valence-corrected chi connectivity index (χ1v) is 5.51. The van der Waals surface area contributed by atoms with Crippen LogP contribution in [0.4, 0.5) is 10.5 Å². The van der Waals surface area contributed by atoms with Crippen molar-refractivity contribution in [3.8, 4) is 5.75 Å². The Hall–Kier alpha value is -2.02. The summed E-state index contributed by atoms with van der Waals surface area (Å²) in [5, 5.41) is 7.50. The standard InChI is InChI=1S/C10H8N2O4S/c11-8(14)7-9(15)12(10(16)17-7)5-2-1-3-6(13)4-5/h1-4,7,13H,(H2,11,14)/t7-/m0/s1. The van der Waals surface area contributed by atoms with E-state index in [4.69, 9.17) is 5.73 Å². The lowest BCUT2D eigenvalue weighted by Gasteiger charge is -2.13. The molecule has 1 aliphatic heterocycles. The first kappa shape index (κ1) is 11.5. The lowest BCUT2D eigenvalue weighted by molar-refractivity contribution is -0.124. The summed E-state index contributed by atoms with van der Waals surface area (Å²) in [7, 11) is 0. The Morgan fingerprint density at radius 2 is 2.12 bits per heavy atom. The van der Waals surface area contributed by atoms with Gasteiger partial charge in [0.25, 0.3) is 11.1 Å². The van der Waals surface area contributed by atoms with Gasteiger partial charge in [-0.3, -0.25) is 14.4 Å². The van der Waals surface area contributed by atoms with Crippen molar-refractivity contribution in [2.75, 3.05) is 4.90 Å². The van der Waals surface area contributed by atoms with E-state index in [1.54, 1.807) is 0 Å². The molecule has 0 aliphatic carbocycles. The third-order valence-electron chi connectivity index (χ3n) is 2.19. The zero-order valence-corrected chi connectivity index (χ0v) is 9.31. The number of anilines is 1. The van der Waals surface area contributed by atoms with Gasteiger partial charge >= 0.3 is 0 Å². The monoisotopic (exact) mass is 252 g/mol. The second kappa shape index (κ2) is 4.10. The number of carbonyl (C=O) groups is 3. The largest absolute Gasteiger partial charge is 0.508 e. The van der Waals surface area contributed by atoms with Gasteiger partial charge in [-0.25, -0.2) is 4.90 Å². The number of imide groups is 1. The van der Waals surface area contributed by atoms with Crippen LogP contribution in [-0.4, -0.2) is 27.4 Å². The molecular formula is C10H8N2O4S. The lowest BCUT2D eigenvalue weighted by atomic mass is 10.2. The molecule has 1 aromatic carbocycles. The fraction of sp³-hybridized carbons (Fsp3) is 0.100. The van der Waals surface area contributed by atoms with E-state index in [1.807, 2.05) is 0 Å². The minimum Gasteiger partial charge on any atom is -0.508 e. The highest BCUT2D eigenvalue weighted by molar-refractivity contribution is 8.16. The molecule has 0 aromatic heterocycles. The van der Waals surface area contributed by atoms with Gasteiger partial charge in [0.2, 0.25) is 5.91 Å². The number of nitrogens with zero attached hydrogens (tertiary/aromatic N) is 1. The number of hydrogen-bond acceptors (Lipinski definition) is 5. The molecule has 0 saturated carbocycles. The number of thioether (sulfide) groups is 1. The second-order valence-electron chi connectivity index (χ2n) is 3.36. The third kappa shape index (κ3) is 1.96. The van der Waals surface area contributed by atoms with Crippen LogP contribution in [0.3, 0.4) is 0 Å². The van der Waals surface area contributed by atoms with Crippen LogP contribution >= 0.6 is 11.8 Å². The summed E-state index contributed by atoms with van der Waals surface area (Å²) in [6, 6.07) is 5.65. The number of carbonyl (C=O) groups excluding carboxylic acids is 3. The molecule has 6 nitrogen and oxygen atoms in total. The highest BCUT2D eigenvalue weighted by Gasteiger charge is 2.43. The van der Waals surface area contributed by atoms with Gasteiger partial charge in [-0.15, -0.1) is 0 Å². The van der Waals surface area contributed by atoms with Crippen molar-refractivity contribution < 1.29 is 19.5 Å². The van der Waals surface area contributed by atoms with E-state index < -0.39 is 22.3 Å². The fourth-order valence-electron chi connectivity index (χ4n) is 1.46. The molecule has 0 spiro atoms. The number of nitrogens with two attached hydrogens (primary N) is 1. The average Bonchev–Trinajstić information content (AvgIpc) is 2.54. The Morgan fingerprint density at radius 1 is 1.41 bits per heavy atom. The number of rotatable bonds is 2. The van der Waals surface area contributed by atoms with Crippen LogP contribution in [0.25, 0.3) is 0 Å². The minimum atomic E-state index is -1.19. The van der Waals surface area contributed by atoms with Crippen LogP contribution in [0, 0.1) is 0 Å². The van der Waals surface area contributed by atoms with Gasteiger partial charge in [0.05, 0.1) is 5.69 Å². The SMILES string of the molecule is NC(=O)[C@@H]1SC(=O)N(c2cccc(O)c2)C1=O. The molecule has 1 aliphatic rings. The Balaban J connectivity index is 2.37. The van der Waals surface area contributed by atoms with Gasteiger partial charge < -0.3 is 10.8 Å². The summed E-state index contributed by atoms with van der Waals surface area (Å²) in [4.78, 5) is 35.1. The predicted molar refractivity (Wildman–Crippen MR) is 61.6 cm³/mol. The number of phenolic OH excluding ortho intramolecular Hbond substituents is 1. The van der Waals surface area contributed by atoms with Gasteiger partial charge in [0.1, 0.15) is 5.75 Å². The summed E-state index contributed by atoms with van der Waals surface area (Å²) in [5.74, 6) is -1.61. The highest BCUT2D eigenvalue weighted by Crippen LogP contribution is 2.32. The smallest absolute Gasteiger partial charge is 0.294 e. The van der Waals surface area contributed by atoms with Crippen molar-refractivity contribution in [1.29, 1.82) is 0 Å². The Morgan fingerprint density at radius 3 is 2.65 bits per heavy atom. The molecule has 1 heterocycles. The maximum atomic E-state index is 11.8. The van der Waals surface area contributed by atoms with E-state index in [0.717, 1.165) is 4.90 Å². The van der Waals surface area contributed by atoms with Crippen LogP contribution < -0.4 is 10.6 Å². The summed E-state index contributed by atoms with van der Waals surface area (Å²) in [5.41, 5.74) is 5.23.